The van der Waals surface area contributed by atoms with Gasteiger partial charge in [0.25, 0.3) is 5.91 Å². The van der Waals surface area contributed by atoms with Crippen LogP contribution in [-0.4, -0.2) is 33.9 Å². The molecular weight excluding hydrogens is 454 g/mol. The average molecular weight is 476 g/mol. The Hall–Kier alpha value is -3.12. The average Bonchev–Trinajstić information content (AvgIpc) is 3.09. The molecule has 0 bridgehead atoms. The van der Waals surface area contributed by atoms with Crippen molar-refractivity contribution in [3.8, 4) is 16.9 Å². The minimum absolute atomic E-state index is 0.0142. The third-order valence-corrected chi connectivity index (χ3v) is 6.15. The summed E-state index contributed by atoms with van der Waals surface area (Å²) >= 11 is 3.42. The fourth-order valence-electron chi connectivity index (χ4n) is 3.93. The minimum atomic E-state index is 0.0142. The third kappa shape index (κ3) is 3.95. The van der Waals surface area contributed by atoms with E-state index in [-0.39, 0.29) is 5.91 Å². The number of H-pyrrole nitrogens is 1. The van der Waals surface area contributed by atoms with Gasteiger partial charge in [-0.25, -0.2) is 4.98 Å². The molecule has 156 valence electrons. The van der Waals surface area contributed by atoms with Crippen LogP contribution in [0.5, 0.6) is 5.75 Å². The molecule has 0 radical (unpaired) electrons. The number of hydrogen-bond acceptors (Lipinski definition) is 3. The number of benzene rings is 3. The number of aryl methyl sites for hydroxylation is 1. The Bertz CT molecular complexity index is 1260. The Morgan fingerprint density at radius 2 is 1.87 bits per heavy atom. The molecule has 5 nitrogen and oxygen atoms in total. The summed E-state index contributed by atoms with van der Waals surface area (Å²) in [7, 11) is 0. The van der Waals surface area contributed by atoms with Crippen LogP contribution < -0.4 is 4.74 Å². The van der Waals surface area contributed by atoms with E-state index in [2.05, 4.69) is 57.1 Å². The van der Waals surface area contributed by atoms with Gasteiger partial charge < -0.3 is 14.6 Å². The standard InChI is InChI=1S/C25H22BrN3O2/c1-2-24-27-21-9-5-18(14-22(21)28-24)17-6-10-23-19(13-17)15-29(11-12-31-23)25(30)16-3-7-20(26)8-4-16/h3-10,13-14H,2,11-12,15H2,1H3,(H,27,28). The van der Waals surface area contributed by atoms with Crippen molar-refractivity contribution in [3.05, 3.63) is 82.1 Å². The van der Waals surface area contributed by atoms with Crippen molar-refractivity contribution in [2.24, 2.45) is 0 Å². The van der Waals surface area contributed by atoms with Gasteiger partial charge in [-0.3, -0.25) is 4.79 Å². The largest absolute Gasteiger partial charge is 0.491 e. The van der Waals surface area contributed by atoms with Gasteiger partial charge in [0, 0.05) is 28.6 Å². The molecule has 0 atom stereocenters. The number of rotatable bonds is 3. The molecule has 0 saturated carbocycles. The first kappa shape index (κ1) is 19.8. The molecule has 5 rings (SSSR count). The van der Waals surface area contributed by atoms with Gasteiger partial charge in [0.15, 0.2) is 0 Å². The summed E-state index contributed by atoms with van der Waals surface area (Å²) in [5.41, 5.74) is 5.91. The van der Waals surface area contributed by atoms with Gasteiger partial charge >= 0.3 is 0 Å². The highest BCUT2D eigenvalue weighted by Crippen LogP contribution is 2.31. The van der Waals surface area contributed by atoms with Crippen molar-refractivity contribution in [1.29, 1.82) is 0 Å². The normalized spacial score (nSPS) is 13.5. The van der Waals surface area contributed by atoms with E-state index in [1.807, 2.05) is 41.3 Å². The predicted molar refractivity (Wildman–Crippen MR) is 125 cm³/mol. The number of ether oxygens (including phenoxy) is 1. The van der Waals surface area contributed by atoms with Crippen molar-refractivity contribution in [2.45, 2.75) is 19.9 Å². The van der Waals surface area contributed by atoms with Crippen LogP contribution in [0.1, 0.15) is 28.7 Å². The predicted octanol–water partition coefficient (Wildman–Crippen LogP) is 5.59. The molecule has 31 heavy (non-hydrogen) atoms. The van der Waals surface area contributed by atoms with Crippen LogP contribution in [0.15, 0.2) is 65.1 Å². The molecule has 0 aliphatic carbocycles. The van der Waals surface area contributed by atoms with Gasteiger partial charge in [0.1, 0.15) is 18.2 Å². The fourth-order valence-corrected chi connectivity index (χ4v) is 4.20. The summed E-state index contributed by atoms with van der Waals surface area (Å²) < 4.78 is 6.90. The first-order valence-electron chi connectivity index (χ1n) is 10.4. The summed E-state index contributed by atoms with van der Waals surface area (Å²) in [5, 5.41) is 0. The molecule has 1 aromatic heterocycles. The van der Waals surface area contributed by atoms with Crippen molar-refractivity contribution in [1.82, 2.24) is 14.9 Å². The van der Waals surface area contributed by atoms with Gasteiger partial charge in [0.05, 0.1) is 17.6 Å². The lowest BCUT2D eigenvalue weighted by atomic mass is 10.0. The first-order valence-corrected chi connectivity index (χ1v) is 11.2. The molecule has 1 N–H and O–H groups in total. The quantitative estimate of drug-likeness (QED) is 0.420. The molecule has 0 saturated heterocycles. The van der Waals surface area contributed by atoms with E-state index in [0.29, 0.717) is 25.3 Å². The van der Waals surface area contributed by atoms with Crippen LogP contribution in [0.3, 0.4) is 0 Å². The summed E-state index contributed by atoms with van der Waals surface area (Å²) in [4.78, 5) is 22.9. The number of aromatic amines is 1. The van der Waals surface area contributed by atoms with Gasteiger partial charge in [-0.1, -0.05) is 35.0 Å². The summed E-state index contributed by atoms with van der Waals surface area (Å²) in [5.74, 6) is 1.84. The lowest BCUT2D eigenvalue weighted by Crippen LogP contribution is -2.32. The Balaban J connectivity index is 1.45. The number of carbonyl (C=O) groups excluding carboxylic acids is 1. The maximum absolute atomic E-state index is 13.0. The molecule has 2 heterocycles. The number of amides is 1. The first-order chi connectivity index (χ1) is 15.1. The molecule has 6 heteroatoms. The third-order valence-electron chi connectivity index (χ3n) is 5.62. The highest BCUT2D eigenvalue weighted by Gasteiger charge is 2.21. The van der Waals surface area contributed by atoms with Crippen LogP contribution in [0.2, 0.25) is 0 Å². The number of aromatic nitrogens is 2. The molecule has 0 spiro atoms. The molecule has 4 aromatic rings. The molecule has 3 aromatic carbocycles. The number of nitrogens with zero attached hydrogens (tertiary/aromatic N) is 2. The van der Waals surface area contributed by atoms with Gasteiger partial charge in [-0.15, -0.1) is 0 Å². The molecule has 0 unspecified atom stereocenters. The second-order valence-corrected chi connectivity index (χ2v) is 8.59. The minimum Gasteiger partial charge on any atom is -0.491 e. The Morgan fingerprint density at radius 1 is 1.10 bits per heavy atom. The zero-order valence-electron chi connectivity index (χ0n) is 17.2. The van der Waals surface area contributed by atoms with Gasteiger partial charge in [-0.2, -0.15) is 0 Å². The van der Waals surface area contributed by atoms with E-state index in [1.165, 1.54) is 0 Å². The molecule has 1 aliphatic heterocycles. The molecule has 1 aliphatic rings. The summed E-state index contributed by atoms with van der Waals surface area (Å²) in [6.07, 6.45) is 0.877. The molecular formula is C25H22BrN3O2. The molecule has 1 amide bonds. The van der Waals surface area contributed by atoms with E-state index >= 15 is 0 Å². The van der Waals surface area contributed by atoms with E-state index in [4.69, 9.17) is 4.74 Å². The van der Waals surface area contributed by atoms with Crippen LogP contribution >= 0.6 is 15.9 Å². The maximum atomic E-state index is 13.0. The maximum Gasteiger partial charge on any atom is 0.254 e. The summed E-state index contributed by atoms with van der Waals surface area (Å²) in [6.45, 7) is 3.64. The second kappa shape index (κ2) is 8.19. The van der Waals surface area contributed by atoms with Crippen molar-refractivity contribution >= 4 is 32.9 Å². The molecule has 0 fully saturated rings. The Labute approximate surface area is 189 Å². The Kier molecular flexibility index (Phi) is 5.24. The van der Waals surface area contributed by atoms with Gasteiger partial charge in [-0.05, 0) is 59.7 Å². The second-order valence-electron chi connectivity index (χ2n) is 7.67. The zero-order chi connectivity index (χ0) is 21.4. The van der Waals surface area contributed by atoms with E-state index < -0.39 is 0 Å². The number of carbonyl (C=O) groups is 1. The zero-order valence-corrected chi connectivity index (χ0v) is 18.8. The van der Waals surface area contributed by atoms with E-state index in [1.54, 1.807) is 0 Å². The van der Waals surface area contributed by atoms with E-state index in [0.717, 1.165) is 50.2 Å². The smallest absolute Gasteiger partial charge is 0.254 e. The fraction of sp³-hybridized carbons (Fsp3) is 0.200. The van der Waals surface area contributed by atoms with Crippen molar-refractivity contribution < 1.29 is 9.53 Å². The highest BCUT2D eigenvalue weighted by molar-refractivity contribution is 9.10. The topological polar surface area (TPSA) is 58.2 Å². The van der Waals surface area contributed by atoms with E-state index in [9.17, 15) is 4.79 Å². The highest BCUT2D eigenvalue weighted by atomic mass is 79.9. The van der Waals surface area contributed by atoms with Crippen LogP contribution in [0.4, 0.5) is 0 Å². The van der Waals surface area contributed by atoms with Crippen LogP contribution in [0, 0.1) is 0 Å². The number of halogens is 1. The number of hydrogen-bond donors (Lipinski definition) is 1. The summed E-state index contributed by atoms with van der Waals surface area (Å²) in [6, 6.07) is 20.0. The van der Waals surface area contributed by atoms with Gasteiger partial charge in [0.2, 0.25) is 0 Å². The number of fused-ring (bicyclic) bond motifs is 2. The van der Waals surface area contributed by atoms with Crippen LogP contribution in [0.25, 0.3) is 22.2 Å². The lowest BCUT2D eigenvalue weighted by Gasteiger charge is -2.20. The number of nitrogens with one attached hydrogen (secondary N) is 1. The monoisotopic (exact) mass is 475 g/mol. The lowest BCUT2D eigenvalue weighted by molar-refractivity contribution is 0.0733. The SMILES string of the molecule is CCc1nc2ccc(-c3ccc4c(c3)CN(C(=O)c3ccc(Br)cc3)CCO4)cc2[nH]1. The van der Waals surface area contributed by atoms with Crippen molar-refractivity contribution in [3.63, 3.8) is 0 Å². The Morgan fingerprint density at radius 3 is 2.68 bits per heavy atom. The number of imidazole rings is 1. The van der Waals surface area contributed by atoms with Crippen LogP contribution in [-0.2, 0) is 13.0 Å². The van der Waals surface area contributed by atoms with Crippen molar-refractivity contribution in [2.75, 3.05) is 13.2 Å².